The summed E-state index contributed by atoms with van der Waals surface area (Å²) in [6.07, 6.45) is 11.2. The molecule has 1 aliphatic carbocycles. The molecule has 43 heavy (non-hydrogen) atoms. The topological polar surface area (TPSA) is 4.93 Å². The van der Waals surface area contributed by atoms with Gasteiger partial charge in [-0.15, -0.1) is 34.5 Å². The molecule has 4 aromatic carbocycles. The number of aromatic nitrogens is 1. The zero-order chi connectivity index (χ0) is 27.9. The van der Waals surface area contributed by atoms with Crippen LogP contribution in [-0.4, -0.2) is 12.6 Å². The number of para-hydroxylation sites is 1. The Bertz CT molecular complexity index is 1680. The number of hydrogen-bond acceptors (Lipinski definition) is 0. The molecule has 3 heterocycles. The Balaban J connectivity index is 0.000000223. The predicted molar refractivity (Wildman–Crippen MR) is 176 cm³/mol. The van der Waals surface area contributed by atoms with Crippen LogP contribution in [0.5, 0.6) is 0 Å². The van der Waals surface area contributed by atoms with E-state index in [-0.39, 0.29) is 51.0 Å². The minimum Gasteiger partial charge on any atom is -1.00 e. The number of hydrogen-bond donors (Lipinski definition) is 0. The summed E-state index contributed by atoms with van der Waals surface area (Å²) in [6.45, 7) is 11.8. The van der Waals surface area contributed by atoms with E-state index in [1.807, 2.05) is 0 Å². The van der Waals surface area contributed by atoms with E-state index >= 15 is 0 Å². The molecular weight excluding hydrogens is 661 g/mol. The molecule has 221 valence electrons. The number of benzene rings is 3. The summed E-state index contributed by atoms with van der Waals surface area (Å²) >= 11 is 0. The Kier molecular flexibility index (Phi) is 12.2. The Hall–Kier alpha value is -2.03. The Labute approximate surface area is 291 Å². The van der Waals surface area contributed by atoms with Crippen LogP contribution in [0.1, 0.15) is 67.3 Å². The van der Waals surface area contributed by atoms with Gasteiger partial charge in [-0.3, -0.25) is 0 Å². The van der Waals surface area contributed by atoms with Crippen molar-refractivity contribution in [2.45, 2.75) is 71.5 Å². The summed E-state index contributed by atoms with van der Waals surface area (Å²) in [7, 11) is -1.12. The average Bonchev–Trinajstić information content (AvgIpc) is 3.67. The minimum absolute atomic E-state index is 0. The molecule has 1 aromatic heterocycles. The Morgan fingerprint density at radius 2 is 1.51 bits per heavy atom. The van der Waals surface area contributed by atoms with Crippen LogP contribution in [0.3, 0.4) is 0 Å². The van der Waals surface area contributed by atoms with Gasteiger partial charge in [0.25, 0.3) is 0 Å². The van der Waals surface area contributed by atoms with Gasteiger partial charge in [0.2, 0.25) is 0 Å². The van der Waals surface area contributed by atoms with Gasteiger partial charge in [0.15, 0.2) is 0 Å². The van der Waals surface area contributed by atoms with Crippen molar-refractivity contribution in [1.29, 1.82) is 0 Å². The molecule has 0 fully saturated rings. The third kappa shape index (κ3) is 6.81. The number of halogens is 2. The summed E-state index contributed by atoms with van der Waals surface area (Å²) in [5.74, 6) is 0. The van der Waals surface area contributed by atoms with Gasteiger partial charge >= 0.3 is 26.2 Å². The van der Waals surface area contributed by atoms with Crippen molar-refractivity contribution in [3.63, 3.8) is 0 Å². The first-order chi connectivity index (χ1) is 19.4. The molecule has 3 aliphatic rings. The van der Waals surface area contributed by atoms with E-state index in [0.717, 1.165) is 5.54 Å². The van der Waals surface area contributed by atoms with Gasteiger partial charge in [-0.2, -0.15) is 6.07 Å². The zero-order valence-corrected chi connectivity index (χ0v) is 31.0. The van der Waals surface area contributed by atoms with Crippen LogP contribution < -0.4 is 24.8 Å². The van der Waals surface area contributed by atoms with E-state index in [2.05, 4.69) is 136 Å². The third-order valence-electron chi connectivity index (χ3n) is 9.16. The first kappa shape index (κ1) is 35.4. The maximum absolute atomic E-state index is 2.51. The Morgan fingerprint density at radius 1 is 0.791 bits per heavy atom. The second-order valence-electron chi connectivity index (χ2n) is 12.4. The summed E-state index contributed by atoms with van der Waals surface area (Å²) in [5, 5.41) is 4.44. The average molecular weight is 703 g/mol. The molecule has 2 aliphatic heterocycles. The fourth-order valence-electron chi connectivity index (χ4n) is 7.34. The summed E-state index contributed by atoms with van der Waals surface area (Å²) in [4.78, 5) is 0. The number of allylic oxidation sites excluding steroid dienone is 1. The monoisotopic (exact) mass is 700 g/mol. The van der Waals surface area contributed by atoms with Crippen molar-refractivity contribution in [3.05, 3.63) is 125 Å². The number of nitrogens with zero attached hydrogens (tertiary/aromatic N) is 1. The molecule has 5 heteroatoms. The fraction of sp³-hybridized carbons (Fsp3) is 0.289. The minimum atomic E-state index is -1.12. The van der Waals surface area contributed by atoms with Crippen molar-refractivity contribution >= 4 is 24.0 Å². The zero-order valence-electron chi connectivity index (χ0n) is 26.1. The van der Waals surface area contributed by atoms with Crippen LogP contribution in [-0.2, 0) is 32.6 Å². The van der Waals surface area contributed by atoms with Crippen LogP contribution in [0.4, 0.5) is 0 Å². The van der Waals surface area contributed by atoms with Crippen molar-refractivity contribution in [2.75, 3.05) is 0 Å². The molecule has 2 bridgehead atoms. The number of aryl methyl sites for hydroxylation is 2. The second-order valence-corrected chi connectivity index (χ2v) is 17.0. The van der Waals surface area contributed by atoms with Gasteiger partial charge in [0, 0.05) is 23.6 Å². The predicted octanol–water partition coefficient (Wildman–Crippen LogP) is 4.81. The summed E-state index contributed by atoms with van der Waals surface area (Å²) in [6, 6.07) is 30.9. The van der Waals surface area contributed by atoms with E-state index in [1.54, 1.807) is 16.3 Å². The number of rotatable bonds is 7. The van der Waals surface area contributed by atoms with Crippen LogP contribution in [0, 0.1) is 6.92 Å². The number of fused-ring (bicyclic) bond motifs is 1. The van der Waals surface area contributed by atoms with E-state index in [4.69, 9.17) is 0 Å². The SMILES string of the molecule is CC1=C2c3cn(-c4ccccc4)cc3C1[Si]2(C)C.CCCCCCc1ccc(-c2cccc3[cH-]c(C)cc23)cc1.[Cl-].[Cl-].[Zr+3]. The molecule has 5 aromatic rings. The van der Waals surface area contributed by atoms with E-state index in [0.29, 0.717) is 0 Å². The van der Waals surface area contributed by atoms with Gasteiger partial charge in [-0.25, -0.2) is 0 Å². The molecule has 0 amide bonds. The van der Waals surface area contributed by atoms with Gasteiger partial charge in [-0.1, -0.05) is 111 Å². The van der Waals surface area contributed by atoms with Gasteiger partial charge in [0.1, 0.15) is 0 Å². The maximum atomic E-state index is 2.51. The first-order valence-corrected chi connectivity index (χ1v) is 18.2. The smallest absolute Gasteiger partial charge is 1.00 e. The molecule has 1 nitrogen and oxygen atoms in total. The Morgan fingerprint density at radius 3 is 2.16 bits per heavy atom. The third-order valence-corrected chi connectivity index (χ3v) is 13.3. The van der Waals surface area contributed by atoms with Crippen LogP contribution in [0.15, 0.2) is 103 Å². The largest absolute Gasteiger partial charge is 3.00 e. The van der Waals surface area contributed by atoms with E-state index in [1.165, 1.54) is 76.4 Å². The maximum Gasteiger partial charge on any atom is 3.00 e. The van der Waals surface area contributed by atoms with Gasteiger partial charge < -0.3 is 29.4 Å². The molecule has 0 spiro atoms. The van der Waals surface area contributed by atoms with E-state index in [9.17, 15) is 0 Å². The van der Waals surface area contributed by atoms with Crippen LogP contribution in [0.25, 0.3) is 32.8 Å². The van der Waals surface area contributed by atoms with Gasteiger partial charge in [-0.05, 0) is 54.2 Å². The molecule has 1 unspecified atom stereocenters. The molecule has 0 N–H and O–H groups in total. The fourth-order valence-corrected chi connectivity index (χ4v) is 11.7. The van der Waals surface area contributed by atoms with Crippen LogP contribution >= 0.6 is 0 Å². The van der Waals surface area contributed by atoms with Gasteiger partial charge in [0.05, 0.1) is 8.07 Å². The normalized spacial score (nSPS) is 15.3. The summed E-state index contributed by atoms with van der Waals surface area (Å²) < 4.78 is 2.29. The molecule has 8 rings (SSSR count). The van der Waals surface area contributed by atoms with E-state index < -0.39 is 8.07 Å². The van der Waals surface area contributed by atoms with Crippen molar-refractivity contribution in [3.8, 4) is 16.8 Å². The molecule has 0 saturated heterocycles. The summed E-state index contributed by atoms with van der Waals surface area (Å²) in [5.41, 5.74) is 12.3. The van der Waals surface area contributed by atoms with Crippen molar-refractivity contribution in [1.82, 2.24) is 4.57 Å². The first-order valence-electron chi connectivity index (χ1n) is 15.1. The molecule has 1 atom stereocenters. The molecule has 0 saturated carbocycles. The molecule has 1 radical (unpaired) electrons. The quantitative estimate of drug-likeness (QED) is 0.131. The molecular formula is C38H42Cl2NSiZr. The van der Waals surface area contributed by atoms with Crippen LogP contribution in [0.2, 0.25) is 13.1 Å². The van der Waals surface area contributed by atoms with Crippen molar-refractivity contribution < 1.29 is 51.0 Å². The van der Waals surface area contributed by atoms with Crippen molar-refractivity contribution in [2.24, 2.45) is 0 Å². The standard InChI is InChI=1S/C22H25.C16H17NSi.2ClH.Zr/c1-3-4-5-6-8-18-11-13-19(14-12-18)21-10-7-9-20-15-17(2)16-22(20)21;1-11-15-13-9-17(12-7-5-4-6-8-12)10-14(13)16(11)18(15,2)3;;;/h7,9-16H,3-6,8H2,1-2H3;4-10,15H,1-3H3;2*1H;/q-1;;;;+3/p-2. The number of unbranched alkanes of at least 4 members (excludes halogenated alkanes) is 3. The second kappa shape index (κ2) is 14.8.